The van der Waals surface area contributed by atoms with E-state index >= 15 is 0 Å². The van der Waals surface area contributed by atoms with E-state index in [0.717, 1.165) is 22.9 Å². The average molecular weight is 296 g/mol. The molecule has 1 aromatic rings. The molecule has 0 bridgehead atoms. The van der Waals surface area contributed by atoms with Crippen LogP contribution in [0.2, 0.25) is 0 Å². The van der Waals surface area contributed by atoms with E-state index in [-0.39, 0.29) is 0 Å². The van der Waals surface area contributed by atoms with Gasteiger partial charge in [-0.05, 0) is 52.9 Å². The van der Waals surface area contributed by atoms with Gasteiger partial charge in [0, 0.05) is 22.6 Å². The van der Waals surface area contributed by atoms with Crippen molar-refractivity contribution in [2.24, 2.45) is 5.92 Å². The van der Waals surface area contributed by atoms with Crippen LogP contribution in [-0.4, -0.2) is 18.9 Å². The van der Waals surface area contributed by atoms with Gasteiger partial charge in [0.1, 0.15) is 6.29 Å². The first kappa shape index (κ1) is 12.6. The predicted octanol–water partition coefficient (Wildman–Crippen LogP) is 3.89. The second-order valence-corrected chi connectivity index (χ2v) is 5.83. The number of aldehydes is 1. The Bertz CT molecular complexity index is 417. The lowest BCUT2D eigenvalue weighted by atomic mass is 10.0. The Kier molecular flexibility index (Phi) is 3.87. The van der Waals surface area contributed by atoms with Gasteiger partial charge in [0.05, 0.1) is 5.69 Å². The van der Waals surface area contributed by atoms with Crippen molar-refractivity contribution < 1.29 is 4.79 Å². The van der Waals surface area contributed by atoms with Gasteiger partial charge in [0.15, 0.2) is 0 Å². The molecule has 1 aliphatic heterocycles. The van der Waals surface area contributed by atoms with E-state index in [9.17, 15) is 4.79 Å². The lowest BCUT2D eigenvalue weighted by molar-refractivity contribution is 0.112. The Hall–Kier alpha value is -0.830. The molecule has 2 rings (SSSR count). The van der Waals surface area contributed by atoms with Crippen molar-refractivity contribution in [1.29, 1.82) is 0 Å². The molecule has 0 saturated carbocycles. The van der Waals surface area contributed by atoms with Gasteiger partial charge in [-0.3, -0.25) is 4.79 Å². The molecule has 0 N–H and O–H groups in total. The standard InChI is InChI=1S/C14H18BrNO/c1-10(2)13-4-3-7-16(13)14-6-5-11(9-17)8-12(14)15/h5-6,8-10,13H,3-4,7H2,1-2H3. The van der Waals surface area contributed by atoms with E-state index in [1.807, 2.05) is 12.1 Å². The summed E-state index contributed by atoms with van der Waals surface area (Å²) in [5.74, 6) is 0.662. The first-order valence-corrected chi connectivity index (χ1v) is 6.94. The quantitative estimate of drug-likeness (QED) is 0.789. The minimum absolute atomic E-state index is 0.619. The summed E-state index contributed by atoms with van der Waals surface area (Å²) < 4.78 is 1.02. The van der Waals surface area contributed by atoms with Crippen LogP contribution in [0.4, 0.5) is 5.69 Å². The number of anilines is 1. The zero-order valence-electron chi connectivity index (χ0n) is 10.3. The number of carbonyl (C=O) groups excluding carboxylic acids is 1. The summed E-state index contributed by atoms with van der Waals surface area (Å²) in [5.41, 5.74) is 1.94. The number of halogens is 1. The second-order valence-electron chi connectivity index (χ2n) is 4.98. The molecule has 1 aliphatic rings. The molecule has 0 aromatic heterocycles. The summed E-state index contributed by atoms with van der Waals surface area (Å²) in [6, 6.07) is 6.46. The Morgan fingerprint density at radius 2 is 2.24 bits per heavy atom. The summed E-state index contributed by atoms with van der Waals surface area (Å²) in [5, 5.41) is 0. The minimum atomic E-state index is 0.619. The number of benzene rings is 1. The molecule has 0 radical (unpaired) electrons. The van der Waals surface area contributed by atoms with Crippen molar-refractivity contribution >= 4 is 27.9 Å². The zero-order valence-corrected chi connectivity index (χ0v) is 11.9. The van der Waals surface area contributed by atoms with Crippen molar-refractivity contribution in [2.75, 3.05) is 11.4 Å². The van der Waals surface area contributed by atoms with Crippen LogP contribution in [0.3, 0.4) is 0 Å². The van der Waals surface area contributed by atoms with Crippen LogP contribution in [0, 0.1) is 5.92 Å². The van der Waals surface area contributed by atoms with Crippen molar-refractivity contribution in [3.63, 3.8) is 0 Å². The molecule has 1 aromatic carbocycles. The molecule has 3 heteroatoms. The van der Waals surface area contributed by atoms with Crippen LogP contribution < -0.4 is 4.90 Å². The molecule has 1 atom stereocenters. The Balaban J connectivity index is 2.30. The second kappa shape index (κ2) is 5.21. The fourth-order valence-corrected chi connectivity index (χ4v) is 3.24. The largest absolute Gasteiger partial charge is 0.367 e. The zero-order chi connectivity index (χ0) is 12.4. The van der Waals surface area contributed by atoms with E-state index in [0.29, 0.717) is 12.0 Å². The third-order valence-electron chi connectivity index (χ3n) is 3.49. The molecule has 1 fully saturated rings. The highest BCUT2D eigenvalue weighted by Crippen LogP contribution is 2.34. The van der Waals surface area contributed by atoms with Gasteiger partial charge < -0.3 is 4.90 Å². The number of hydrogen-bond acceptors (Lipinski definition) is 2. The van der Waals surface area contributed by atoms with Gasteiger partial charge in [0.25, 0.3) is 0 Å². The van der Waals surface area contributed by atoms with Crippen molar-refractivity contribution in [2.45, 2.75) is 32.7 Å². The van der Waals surface area contributed by atoms with Crippen LogP contribution in [0.25, 0.3) is 0 Å². The first-order valence-electron chi connectivity index (χ1n) is 6.15. The van der Waals surface area contributed by atoms with Crippen molar-refractivity contribution in [3.05, 3.63) is 28.2 Å². The fraction of sp³-hybridized carbons (Fsp3) is 0.500. The Morgan fingerprint density at radius 1 is 1.47 bits per heavy atom. The highest BCUT2D eigenvalue weighted by Gasteiger charge is 2.28. The third-order valence-corrected chi connectivity index (χ3v) is 4.12. The van der Waals surface area contributed by atoms with Crippen LogP contribution in [0.5, 0.6) is 0 Å². The van der Waals surface area contributed by atoms with Gasteiger partial charge >= 0.3 is 0 Å². The molecule has 17 heavy (non-hydrogen) atoms. The van der Waals surface area contributed by atoms with Crippen molar-refractivity contribution in [1.82, 2.24) is 0 Å². The van der Waals surface area contributed by atoms with Gasteiger partial charge in [-0.1, -0.05) is 13.8 Å². The highest BCUT2D eigenvalue weighted by atomic mass is 79.9. The first-order chi connectivity index (χ1) is 8.13. The highest BCUT2D eigenvalue weighted by molar-refractivity contribution is 9.10. The summed E-state index contributed by atoms with van der Waals surface area (Å²) >= 11 is 3.57. The molecular formula is C14H18BrNO. The lowest BCUT2D eigenvalue weighted by Gasteiger charge is -2.30. The maximum Gasteiger partial charge on any atom is 0.150 e. The van der Waals surface area contributed by atoms with Gasteiger partial charge in [-0.25, -0.2) is 0 Å². The predicted molar refractivity (Wildman–Crippen MR) is 74.7 cm³/mol. The van der Waals surface area contributed by atoms with Crippen LogP contribution in [0.15, 0.2) is 22.7 Å². The minimum Gasteiger partial charge on any atom is -0.367 e. The van der Waals surface area contributed by atoms with Gasteiger partial charge in [-0.15, -0.1) is 0 Å². The van der Waals surface area contributed by atoms with E-state index in [4.69, 9.17) is 0 Å². The van der Waals surface area contributed by atoms with E-state index < -0.39 is 0 Å². The number of nitrogens with zero attached hydrogens (tertiary/aromatic N) is 1. The SMILES string of the molecule is CC(C)C1CCCN1c1ccc(C=O)cc1Br. The number of hydrogen-bond donors (Lipinski definition) is 0. The summed E-state index contributed by atoms with van der Waals surface area (Å²) in [4.78, 5) is 13.2. The maximum atomic E-state index is 10.7. The van der Waals surface area contributed by atoms with Crippen LogP contribution in [-0.2, 0) is 0 Å². The van der Waals surface area contributed by atoms with E-state index in [1.54, 1.807) is 0 Å². The Labute approximate surface area is 111 Å². The monoisotopic (exact) mass is 295 g/mol. The molecule has 0 spiro atoms. The summed E-state index contributed by atoms with van der Waals surface area (Å²) in [6.45, 7) is 5.66. The van der Waals surface area contributed by atoms with Crippen LogP contribution >= 0.6 is 15.9 Å². The molecule has 0 amide bonds. The average Bonchev–Trinajstić information content (AvgIpc) is 2.77. The summed E-state index contributed by atoms with van der Waals surface area (Å²) in [6.07, 6.45) is 3.41. The van der Waals surface area contributed by atoms with Crippen molar-refractivity contribution in [3.8, 4) is 0 Å². The topological polar surface area (TPSA) is 20.3 Å². The van der Waals surface area contributed by atoms with Crippen LogP contribution in [0.1, 0.15) is 37.0 Å². The molecule has 1 unspecified atom stereocenters. The molecular weight excluding hydrogens is 278 g/mol. The molecule has 0 aliphatic carbocycles. The third kappa shape index (κ3) is 2.54. The fourth-order valence-electron chi connectivity index (χ4n) is 2.61. The smallest absolute Gasteiger partial charge is 0.150 e. The maximum absolute atomic E-state index is 10.7. The number of carbonyl (C=O) groups is 1. The lowest BCUT2D eigenvalue weighted by Crippen LogP contribution is -2.33. The van der Waals surface area contributed by atoms with E-state index in [1.165, 1.54) is 18.5 Å². The van der Waals surface area contributed by atoms with Gasteiger partial charge in [0.2, 0.25) is 0 Å². The van der Waals surface area contributed by atoms with E-state index in [2.05, 4.69) is 40.7 Å². The Morgan fingerprint density at radius 3 is 2.82 bits per heavy atom. The summed E-state index contributed by atoms with van der Waals surface area (Å²) in [7, 11) is 0. The molecule has 2 nitrogen and oxygen atoms in total. The molecule has 1 saturated heterocycles. The normalized spacial score (nSPS) is 20.0. The van der Waals surface area contributed by atoms with Gasteiger partial charge in [-0.2, -0.15) is 0 Å². The number of rotatable bonds is 3. The molecule has 1 heterocycles. The molecule has 92 valence electrons.